The predicted molar refractivity (Wildman–Crippen MR) is 64.0 cm³/mol. The van der Waals surface area contributed by atoms with Gasteiger partial charge in [-0.05, 0) is 31.0 Å². The lowest BCUT2D eigenvalue weighted by Crippen LogP contribution is -2.32. The lowest BCUT2D eigenvalue weighted by atomic mass is 9.95. The summed E-state index contributed by atoms with van der Waals surface area (Å²) in [5.74, 6) is 0.504. The van der Waals surface area contributed by atoms with Gasteiger partial charge in [0.15, 0.2) is 0 Å². The molecule has 2 fully saturated rings. The van der Waals surface area contributed by atoms with E-state index in [9.17, 15) is 4.79 Å². The predicted octanol–water partition coefficient (Wildman–Crippen LogP) is 1.09. The lowest BCUT2D eigenvalue weighted by Gasteiger charge is -2.28. The molecule has 2 unspecified atom stereocenters. The molecule has 4 nitrogen and oxygen atoms in total. The average molecular weight is 231 g/mol. The summed E-state index contributed by atoms with van der Waals surface area (Å²) in [6, 6.07) is 4.57. The third kappa shape index (κ3) is 1.82. The van der Waals surface area contributed by atoms with Gasteiger partial charge >= 0.3 is 0 Å². The second-order valence-electron chi connectivity index (χ2n) is 4.96. The minimum absolute atomic E-state index is 0.147. The Morgan fingerprint density at radius 3 is 2.88 bits per heavy atom. The first-order chi connectivity index (χ1) is 8.31. The van der Waals surface area contributed by atoms with E-state index in [0.717, 1.165) is 18.4 Å². The van der Waals surface area contributed by atoms with Crippen LogP contribution < -0.4 is 5.73 Å². The van der Waals surface area contributed by atoms with E-state index in [2.05, 4.69) is 9.88 Å². The number of carbonyl (C=O) groups excluding carboxylic acids is 1. The van der Waals surface area contributed by atoms with Crippen molar-refractivity contribution in [3.63, 3.8) is 0 Å². The van der Waals surface area contributed by atoms with E-state index in [4.69, 9.17) is 5.73 Å². The normalized spacial score (nSPS) is 28.8. The molecular formula is C13H17N3O. The van der Waals surface area contributed by atoms with E-state index < -0.39 is 0 Å². The number of likely N-dealkylation sites (tertiary alicyclic amines) is 1. The lowest BCUT2D eigenvalue weighted by molar-refractivity contribution is -0.129. The van der Waals surface area contributed by atoms with E-state index in [-0.39, 0.29) is 17.9 Å². The van der Waals surface area contributed by atoms with Crippen molar-refractivity contribution < 1.29 is 4.79 Å². The zero-order chi connectivity index (χ0) is 11.8. The van der Waals surface area contributed by atoms with Gasteiger partial charge in [0, 0.05) is 30.8 Å². The quantitative estimate of drug-likeness (QED) is 0.847. The number of aromatic nitrogens is 1. The molecule has 17 heavy (non-hydrogen) atoms. The van der Waals surface area contributed by atoms with Crippen molar-refractivity contribution in [3.8, 4) is 0 Å². The molecule has 1 aliphatic heterocycles. The van der Waals surface area contributed by atoms with Crippen LogP contribution in [0.1, 0.15) is 30.9 Å². The van der Waals surface area contributed by atoms with Crippen LogP contribution in [0.2, 0.25) is 0 Å². The van der Waals surface area contributed by atoms with Gasteiger partial charge in [-0.2, -0.15) is 0 Å². The van der Waals surface area contributed by atoms with Gasteiger partial charge in [-0.3, -0.25) is 9.78 Å². The Morgan fingerprint density at radius 1 is 1.47 bits per heavy atom. The largest absolute Gasteiger partial charge is 0.332 e. The summed E-state index contributed by atoms with van der Waals surface area (Å²) in [5.41, 5.74) is 6.93. The third-order valence-corrected chi connectivity index (χ3v) is 3.74. The highest BCUT2D eigenvalue weighted by atomic mass is 16.2. The molecule has 1 aromatic rings. The second kappa shape index (κ2) is 4.11. The fraction of sp³-hybridized carbons (Fsp3) is 0.538. The van der Waals surface area contributed by atoms with Crippen molar-refractivity contribution in [2.75, 3.05) is 6.54 Å². The first-order valence-electron chi connectivity index (χ1n) is 6.22. The molecule has 0 spiro atoms. The standard InChI is InChI=1S/C13H17N3O/c14-7-10-6-12(17)16(11-3-4-11)13(10)9-2-1-5-15-8-9/h1-2,5,8,10-11,13H,3-4,6-7,14H2. The molecule has 2 N–H and O–H groups in total. The first-order valence-corrected chi connectivity index (χ1v) is 6.22. The van der Waals surface area contributed by atoms with Crippen LogP contribution >= 0.6 is 0 Å². The van der Waals surface area contributed by atoms with E-state index in [1.54, 1.807) is 6.20 Å². The first kappa shape index (κ1) is 10.7. The van der Waals surface area contributed by atoms with Crippen LogP contribution in [0.25, 0.3) is 0 Å². The summed E-state index contributed by atoms with van der Waals surface area (Å²) in [6.07, 6.45) is 6.49. The number of hydrogen-bond acceptors (Lipinski definition) is 3. The van der Waals surface area contributed by atoms with Crippen molar-refractivity contribution in [2.45, 2.75) is 31.3 Å². The van der Waals surface area contributed by atoms with Crippen molar-refractivity contribution in [3.05, 3.63) is 30.1 Å². The molecule has 2 aliphatic rings. The molecular weight excluding hydrogens is 214 g/mol. The van der Waals surface area contributed by atoms with E-state index in [1.807, 2.05) is 18.3 Å². The maximum atomic E-state index is 12.1. The number of amides is 1. The Kier molecular flexibility index (Phi) is 2.59. The average Bonchev–Trinajstić information content (AvgIpc) is 3.14. The van der Waals surface area contributed by atoms with E-state index in [0.29, 0.717) is 19.0 Å². The van der Waals surface area contributed by atoms with Crippen molar-refractivity contribution in [2.24, 2.45) is 11.7 Å². The van der Waals surface area contributed by atoms with Gasteiger partial charge < -0.3 is 10.6 Å². The van der Waals surface area contributed by atoms with Gasteiger partial charge in [-0.25, -0.2) is 0 Å². The van der Waals surface area contributed by atoms with Gasteiger partial charge in [0.2, 0.25) is 5.91 Å². The van der Waals surface area contributed by atoms with Crippen LogP contribution in [-0.4, -0.2) is 28.4 Å². The van der Waals surface area contributed by atoms with Crippen LogP contribution in [-0.2, 0) is 4.79 Å². The Hall–Kier alpha value is -1.42. The molecule has 0 aromatic carbocycles. The zero-order valence-electron chi connectivity index (χ0n) is 9.75. The fourth-order valence-corrected chi connectivity index (χ4v) is 2.80. The SMILES string of the molecule is NCC1CC(=O)N(C2CC2)C1c1cccnc1. The molecule has 4 heteroatoms. The molecule has 1 aromatic heterocycles. The van der Waals surface area contributed by atoms with Gasteiger partial charge in [0.05, 0.1) is 6.04 Å². The molecule has 1 saturated carbocycles. The monoisotopic (exact) mass is 231 g/mol. The van der Waals surface area contributed by atoms with Crippen LogP contribution in [0.4, 0.5) is 0 Å². The second-order valence-corrected chi connectivity index (χ2v) is 4.96. The van der Waals surface area contributed by atoms with Gasteiger partial charge in [-0.1, -0.05) is 6.07 Å². The molecule has 90 valence electrons. The van der Waals surface area contributed by atoms with Crippen molar-refractivity contribution in [1.29, 1.82) is 0 Å². The Morgan fingerprint density at radius 2 is 2.29 bits per heavy atom. The molecule has 3 rings (SSSR count). The third-order valence-electron chi connectivity index (χ3n) is 3.74. The van der Waals surface area contributed by atoms with Gasteiger partial charge in [0.1, 0.15) is 0 Å². The number of nitrogens with two attached hydrogens (primary N) is 1. The minimum Gasteiger partial charge on any atom is -0.332 e. The van der Waals surface area contributed by atoms with Gasteiger partial charge in [-0.15, -0.1) is 0 Å². The van der Waals surface area contributed by atoms with Gasteiger partial charge in [0.25, 0.3) is 0 Å². The highest BCUT2D eigenvalue weighted by Crippen LogP contribution is 2.44. The summed E-state index contributed by atoms with van der Waals surface area (Å²) in [5, 5.41) is 0. The van der Waals surface area contributed by atoms with Crippen molar-refractivity contribution >= 4 is 5.91 Å². The van der Waals surface area contributed by atoms with E-state index in [1.165, 1.54) is 0 Å². The smallest absolute Gasteiger partial charge is 0.223 e. The molecule has 1 amide bonds. The molecule has 1 aliphatic carbocycles. The summed E-state index contributed by atoms with van der Waals surface area (Å²) in [4.78, 5) is 18.3. The summed E-state index contributed by atoms with van der Waals surface area (Å²) < 4.78 is 0. The van der Waals surface area contributed by atoms with Crippen LogP contribution in [0.15, 0.2) is 24.5 Å². The van der Waals surface area contributed by atoms with Crippen molar-refractivity contribution in [1.82, 2.24) is 9.88 Å². The van der Waals surface area contributed by atoms with E-state index >= 15 is 0 Å². The Balaban J connectivity index is 1.94. The van der Waals surface area contributed by atoms with Crippen LogP contribution in [0, 0.1) is 5.92 Å². The summed E-state index contributed by atoms with van der Waals surface area (Å²) in [6.45, 7) is 0.564. The fourth-order valence-electron chi connectivity index (χ4n) is 2.80. The number of carbonyl (C=O) groups is 1. The Labute approximate surface area is 101 Å². The Bertz CT molecular complexity index is 416. The highest BCUT2D eigenvalue weighted by molar-refractivity contribution is 5.80. The van der Waals surface area contributed by atoms with Crippen LogP contribution in [0.3, 0.4) is 0 Å². The maximum absolute atomic E-state index is 12.1. The minimum atomic E-state index is 0.147. The van der Waals surface area contributed by atoms with Crippen LogP contribution in [0.5, 0.6) is 0 Å². The number of pyridine rings is 1. The molecule has 0 bridgehead atoms. The highest BCUT2D eigenvalue weighted by Gasteiger charge is 2.46. The number of hydrogen-bond donors (Lipinski definition) is 1. The summed E-state index contributed by atoms with van der Waals surface area (Å²) >= 11 is 0. The molecule has 2 atom stereocenters. The number of rotatable bonds is 3. The molecule has 1 saturated heterocycles. The maximum Gasteiger partial charge on any atom is 0.223 e. The molecule has 0 radical (unpaired) electrons. The molecule has 2 heterocycles. The number of nitrogens with zero attached hydrogens (tertiary/aromatic N) is 2. The topological polar surface area (TPSA) is 59.2 Å². The summed E-state index contributed by atoms with van der Waals surface area (Å²) in [7, 11) is 0. The zero-order valence-corrected chi connectivity index (χ0v) is 9.75.